The average Bonchev–Trinajstić information content (AvgIpc) is 2.72. The zero-order valence-corrected chi connectivity index (χ0v) is 16.9. The number of ether oxygens (including phenoxy) is 1. The van der Waals surface area contributed by atoms with E-state index in [1.165, 1.54) is 28.7 Å². The van der Waals surface area contributed by atoms with Gasteiger partial charge >= 0.3 is 0 Å². The highest BCUT2D eigenvalue weighted by Gasteiger charge is 2.28. The normalized spacial score (nSPS) is 24.2. The minimum Gasteiger partial charge on any atom is -0.373 e. The summed E-state index contributed by atoms with van der Waals surface area (Å²) in [6.07, 6.45) is 3.63. The molecule has 4 rings (SSSR count). The van der Waals surface area contributed by atoms with Crippen molar-refractivity contribution in [1.82, 2.24) is 10.6 Å². The van der Waals surface area contributed by atoms with Crippen molar-refractivity contribution < 1.29 is 4.74 Å². The van der Waals surface area contributed by atoms with Crippen molar-refractivity contribution in [2.45, 2.75) is 38.2 Å². The largest absolute Gasteiger partial charge is 0.373 e. The van der Waals surface area contributed by atoms with Gasteiger partial charge in [0, 0.05) is 38.6 Å². The summed E-state index contributed by atoms with van der Waals surface area (Å²) < 4.78 is 6.15. The maximum absolute atomic E-state index is 6.15. The number of hydrogen-bond donors (Lipinski definition) is 2. The predicted octanol–water partition coefficient (Wildman–Crippen LogP) is 3.97. The lowest BCUT2D eigenvalue weighted by Crippen LogP contribution is -2.44. The lowest BCUT2D eigenvalue weighted by atomic mass is 9.78. The molecule has 0 amide bonds. The Labute approximate surface area is 168 Å². The summed E-state index contributed by atoms with van der Waals surface area (Å²) in [5, 5.41) is 7.05. The Morgan fingerprint density at radius 1 is 1.07 bits per heavy atom. The molecule has 0 radical (unpaired) electrons. The molecule has 2 N–H and O–H groups in total. The van der Waals surface area contributed by atoms with E-state index in [0.29, 0.717) is 11.8 Å². The standard InChI is InChI=1S/C24H31N3O/c1-17-9-11-18(12-10-17)23-20(7-5-13-28-23)15-26-24(25-2)27-16-21-14-19-6-3-4-8-22(19)21/h3-4,6,8-12,20-21,23H,5,7,13-16H2,1-2H3,(H2,25,26,27). The van der Waals surface area contributed by atoms with Gasteiger partial charge in [-0.3, -0.25) is 4.99 Å². The Kier molecular flexibility index (Phi) is 5.96. The van der Waals surface area contributed by atoms with Crippen molar-refractivity contribution in [2.24, 2.45) is 10.9 Å². The molecule has 3 unspecified atom stereocenters. The second kappa shape index (κ2) is 8.78. The van der Waals surface area contributed by atoms with Gasteiger partial charge in [0.05, 0.1) is 6.10 Å². The van der Waals surface area contributed by atoms with E-state index in [1.54, 1.807) is 0 Å². The SMILES string of the molecule is CN=C(NCC1Cc2ccccc21)NCC1CCCOC1c1ccc(C)cc1. The van der Waals surface area contributed by atoms with Crippen molar-refractivity contribution in [3.8, 4) is 0 Å². The molecule has 1 fully saturated rings. The van der Waals surface area contributed by atoms with Crippen LogP contribution in [0.4, 0.5) is 0 Å². The number of aryl methyl sites for hydroxylation is 1. The summed E-state index contributed by atoms with van der Waals surface area (Å²) >= 11 is 0. The van der Waals surface area contributed by atoms with Crippen LogP contribution in [0.2, 0.25) is 0 Å². The second-order valence-electron chi connectivity index (χ2n) is 8.04. The Morgan fingerprint density at radius 2 is 1.86 bits per heavy atom. The Bertz CT molecular complexity index is 815. The van der Waals surface area contributed by atoms with Crippen molar-refractivity contribution in [1.29, 1.82) is 0 Å². The van der Waals surface area contributed by atoms with Crippen LogP contribution in [0, 0.1) is 12.8 Å². The van der Waals surface area contributed by atoms with E-state index in [4.69, 9.17) is 4.74 Å². The van der Waals surface area contributed by atoms with E-state index >= 15 is 0 Å². The highest BCUT2D eigenvalue weighted by atomic mass is 16.5. The third kappa shape index (κ3) is 4.22. The fourth-order valence-electron chi connectivity index (χ4n) is 4.39. The van der Waals surface area contributed by atoms with E-state index in [9.17, 15) is 0 Å². The monoisotopic (exact) mass is 377 g/mol. The van der Waals surface area contributed by atoms with Gasteiger partial charge in [-0.1, -0.05) is 54.1 Å². The van der Waals surface area contributed by atoms with Crippen molar-refractivity contribution in [3.05, 3.63) is 70.8 Å². The first-order chi connectivity index (χ1) is 13.7. The molecule has 1 aliphatic heterocycles. The summed E-state index contributed by atoms with van der Waals surface area (Å²) in [4.78, 5) is 4.42. The topological polar surface area (TPSA) is 45.7 Å². The van der Waals surface area contributed by atoms with Crippen LogP contribution in [0.5, 0.6) is 0 Å². The molecule has 2 aromatic rings. The van der Waals surface area contributed by atoms with Gasteiger partial charge in [0.15, 0.2) is 5.96 Å². The van der Waals surface area contributed by atoms with Crippen LogP contribution in [-0.4, -0.2) is 32.7 Å². The zero-order chi connectivity index (χ0) is 19.3. The number of benzene rings is 2. The molecule has 4 nitrogen and oxygen atoms in total. The number of fused-ring (bicyclic) bond motifs is 1. The Morgan fingerprint density at radius 3 is 2.64 bits per heavy atom. The van der Waals surface area contributed by atoms with Gasteiger partial charge in [-0.25, -0.2) is 0 Å². The number of nitrogens with zero attached hydrogens (tertiary/aromatic N) is 1. The van der Waals surface area contributed by atoms with Gasteiger partial charge < -0.3 is 15.4 Å². The molecule has 0 aromatic heterocycles. The third-order valence-electron chi connectivity index (χ3n) is 6.08. The maximum atomic E-state index is 6.15. The molecule has 0 saturated carbocycles. The lowest BCUT2D eigenvalue weighted by Gasteiger charge is -2.33. The van der Waals surface area contributed by atoms with Gasteiger partial charge in [0.1, 0.15) is 0 Å². The molecule has 2 aromatic carbocycles. The lowest BCUT2D eigenvalue weighted by molar-refractivity contribution is -0.0265. The van der Waals surface area contributed by atoms with E-state index in [1.807, 2.05) is 7.05 Å². The highest BCUT2D eigenvalue weighted by molar-refractivity contribution is 5.79. The van der Waals surface area contributed by atoms with Crippen LogP contribution in [-0.2, 0) is 11.2 Å². The van der Waals surface area contributed by atoms with E-state index in [0.717, 1.165) is 38.5 Å². The molecule has 0 spiro atoms. The van der Waals surface area contributed by atoms with E-state index in [-0.39, 0.29) is 6.10 Å². The number of hydrogen-bond acceptors (Lipinski definition) is 2. The smallest absolute Gasteiger partial charge is 0.191 e. The van der Waals surface area contributed by atoms with Crippen LogP contribution >= 0.6 is 0 Å². The first-order valence-electron chi connectivity index (χ1n) is 10.4. The predicted molar refractivity (Wildman–Crippen MR) is 115 cm³/mol. The van der Waals surface area contributed by atoms with Crippen LogP contribution in [0.15, 0.2) is 53.5 Å². The molecule has 2 aliphatic rings. The molecule has 1 heterocycles. The molecule has 28 heavy (non-hydrogen) atoms. The highest BCUT2D eigenvalue weighted by Crippen LogP contribution is 2.34. The Hall–Kier alpha value is -2.33. The van der Waals surface area contributed by atoms with Gasteiger partial charge in [-0.15, -0.1) is 0 Å². The fraction of sp³-hybridized carbons (Fsp3) is 0.458. The van der Waals surface area contributed by atoms with Crippen molar-refractivity contribution in [2.75, 3.05) is 26.7 Å². The van der Waals surface area contributed by atoms with Crippen molar-refractivity contribution >= 4 is 5.96 Å². The molecular formula is C24H31N3O. The molecule has 1 saturated heterocycles. The van der Waals surface area contributed by atoms with Gasteiger partial charge in [-0.05, 0) is 42.9 Å². The molecule has 4 heteroatoms. The molecule has 0 bridgehead atoms. The van der Waals surface area contributed by atoms with E-state index < -0.39 is 0 Å². The summed E-state index contributed by atoms with van der Waals surface area (Å²) in [7, 11) is 1.85. The van der Waals surface area contributed by atoms with E-state index in [2.05, 4.69) is 71.1 Å². The first kappa shape index (κ1) is 19.0. The number of rotatable bonds is 5. The number of aliphatic imine (C=N–C) groups is 1. The van der Waals surface area contributed by atoms with Crippen LogP contribution in [0.25, 0.3) is 0 Å². The Balaban J connectivity index is 1.30. The van der Waals surface area contributed by atoms with Gasteiger partial charge in [0.2, 0.25) is 0 Å². The molecular weight excluding hydrogens is 346 g/mol. The minimum atomic E-state index is 0.165. The fourth-order valence-corrected chi connectivity index (χ4v) is 4.39. The maximum Gasteiger partial charge on any atom is 0.191 e. The first-order valence-corrected chi connectivity index (χ1v) is 10.4. The minimum absolute atomic E-state index is 0.165. The summed E-state index contributed by atoms with van der Waals surface area (Å²) in [6.45, 7) is 4.78. The van der Waals surface area contributed by atoms with Crippen LogP contribution in [0.3, 0.4) is 0 Å². The molecule has 1 aliphatic carbocycles. The average molecular weight is 378 g/mol. The number of guanidine groups is 1. The zero-order valence-electron chi connectivity index (χ0n) is 16.9. The summed E-state index contributed by atoms with van der Waals surface area (Å²) in [6, 6.07) is 17.5. The van der Waals surface area contributed by atoms with Gasteiger partial charge in [0.25, 0.3) is 0 Å². The second-order valence-corrected chi connectivity index (χ2v) is 8.04. The van der Waals surface area contributed by atoms with Gasteiger partial charge in [-0.2, -0.15) is 0 Å². The third-order valence-corrected chi connectivity index (χ3v) is 6.08. The molecule has 3 atom stereocenters. The van der Waals surface area contributed by atoms with Crippen LogP contribution in [0.1, 0.15) is 47.1 Å². The summed E-state index contributed by atoms with van der Waals surface area (Å²) in [5.41, 5.74) is 5.53. The number of nitrogens with one attached hydrogen (secondary N) is 2. The van der Waals surface area contributed by atoms with Crippen molar-refractivity contribution in [3.63, 3.8) is 0 Å². The summed E-state index contributed by atoms with van der Waals surface area (Å²) in [5.74, 6) is 1.94. The quantitative estimate of drug-likeness (QED) is 0.612. The molecule has 148 valence electrons. The van der Waals surface area contributed by atoms with Crippen LogP contribution < -0.4 is 10.6 Å².